The molecule has 0 atom stereocenters. The Labute approximate surface area is 142 Å². The molecule has 0 spiro atoms. The van der Waals surface area contributed by atoms with Gasteiger partial charge in [0.15, 0.2) is 0 Å². The first-order chi connectivity index (χ1) is 11.4. The largest absolute Gasteiger partial charge is 0.492 e. The van der Waals surface area contributed by atoms with Crippen LogP contribution in [0.4, 0.5) is 5.82 Å². The van der Waals surface area contributed by atoms with E-state index in [1.807, 2.05) is 50.2 Å². The van der Waals surface area contributed by atoms with Crippen molar-refractivity contribution in [3.05, 3.63) is 47.9 Å². The number of hydrogen-bond acceptors (Lipinski definition) is 6. The fourth-order valence-electron chi connectivity index (χ4n) is 1.95. The van der Waals surface area contributed by atoms with Crippen molar-refractivity contribution in [2.75, 3.05) is 31.4 Å². The molecular formula is C16H22N4O3S. The quantitative estimate of drug-likeness (QED) is 0.774. The predicted octanol–water partition coefficient (Wildman–Crippen LogP) is 1.35. The van der Waals surface area contributed by atoms with Crippen LogP contribution < -0.4 is 14.4 Å². The van der Waals surface area contributed by atoms with Crippen molar-refractivity contribution < 1.29 is 13.2 Å². The van der Waals surface area contributed by atoms with Crippen LogP contribution in [0, 0.1) is 6.92 Å². The van der Waals surface area contributed by atoms with Crippen molar-refractivity contribution in [2.45, 2.75) is 13.5 Å². The molecule has 130 valence electrons. The molecular weight excluding hydrogens is 328 g/mol. The summed E-state index contributed by atoms with van der Waals surface area (Å²) in [7, 11) is 0.279. The second kappa shape index (κ2) is 8.07. The van der Waals surface area contributed by atoms with Gasteiger partial charge < -0.3 is 9.64 Å². The highest BCUT2D eigenvalue weighted by atomic mass is 32.2. The van der Waals surface area contributed by atoms with Gasteiger partial charge in [0.1, 0.15) is 24.0 Å². The number of aryl methyl sites for hydroxylation is 1. The van der Waals surface area contributed by atoms with Crippen molar-refractivity contribution in [1.29, 1.82) is 0 Å². The lowest BCUT2D eigenvalue weighted by atomic mass is 10.3. The van der Waals surface area contributed by atoms with Crippen molar-refractivity contribution in [1.82, 2.24) is 14.7 Å². The highest BCUT2D eigenvalue weighted by Gasteiger charge is 2.12. The molecule has 7 nitrogen and oxygen atoms in total. The smallest absolute Gasteiger partial charge is 0.215 e. The van der Waals surface area contributed by atoms with E-state index < -0.39 is 10.0 Å². The Morgan fingerprint density at radius 1 is 1.17 bits per heavy atom. The van der Waals surface area contributed by atoms with Gasteiger partial charge in [0.2, 0.25) is 10.0 Å². The van der Waals surface area contributed by atoms with Gasteiger partial charge >= 0.3 is 0 Å². The fourth-order valence-corrected chi connectivity index (χ4v) is 2.75. The summed E-state index contributed by atoms with van der Waals surface area (Å²) in [4.78, 5) is 10.4. The van der Waals surface area contributed by atoms with Crippen LogP contribution in [0.15, 0.2) is 36.4 Å². The molecule has 0 bridgehead atoms. The van der Waals surface area contributed by atoms with Crippen molar-refractivity contribution in [3.63, 3.8) is 0 Å². The van der Waals surface area contributed by atoms with Gasteiger partial charge in [-0.3, -0.25) is 0 Å². The first-order valence-corrected chi connectivity index (χ1v) is 9.18. The van der Waals surface area contributed by atoms with E-state index in [-0.39, 0.29) is 18.9 Å². The van der Waals surface area contributed by atoms with Crippen LogP contribution in [0.2, 0.25) is 0 Å². The monoisotopic (exact) mass is 350 g/mol. The summed E-state index contributed by atoms with van der Waals surface area (Å²) >= 11 is 0. The zero-order chi connectivity index (χ0) is 17.6. The third kappa shape index (κ3) is 5.78. The normalized spacial score (nSPS) is 11.3. The van der Waals surface area contributed by atoms with Gasteiger partial charge in [-0.2, -0.15) is 0 Å². The maximum atomic E-state index is 12.0. The standard InChI is InChI=1S/C16H22N4O3S/c1-13-11-16(20(2)3)19-15(18-13)12-17-24(21,22)10-9-23-14-7-5-4-6-8-14/h4-8,11,17H,9-10,12H2,1-3H3. The summed E-state index contributed by atoms with van der Waals surface area (Å²) in [5.41, 5.74) is 0.787. The van der Waals surface area contributed by atoms with E-state index in [0.717, 1.165) is 11.5 Å². The third-order valence-corrected chi connectivity index (χ3v) is 4.45. The lowest BCUT2D eigenvalue weighted by molar-refractivity contribution is 0.340. The topological polar surface area (TPSA) is 84.4 Å². The molecule has 0 saturated carbocycles. The minimum absolute atomic E-state index is 0.0518. The van der Waals surface area contributed by atoms with E-state index >= 15 is 0 Å². The zero-order valence-electron chi connectivity index (χ0n) is 14.1. The third-order valence-electron chi connectivity index (χ3n) is 3.16. The van der Waals surface area contributed by atoms with Gasteiger partial charge in [-0.1, -0.05) is 18.2 Å². The molecule has 0 unspecified atom stereocenters. The number of ether oxygens (including phenoxy) is 1. The number of rotatable bonds is 8. The van der Waals surface area contributed by atoms with E-state index in [4.69, 9.17) is 4.74 Å². The second-order valence-electron chi connectivity index (χ2n) is 5.48. The molecule has 2 rings (SSSR count). The molecule has 1 N–H and O–H groups in total. The number of para-hydroxylation sites is 1. The van der Waals surface area contributed by atoms with Gasteiger partial charge in [0, 0.05) is 25.9 Å². The number of nitrogens with zero attached hydrogens (tertiary/aromatic N) is 3. The molecule has 8 heteroatoms. The Morgan fingerprint density at radius 3 is 2.54 bits per heavy atom. The van der Waals surface area contributed by atoms with Crippen LogP contribution in [0.1, 0.15) is 11.5 Å². The summed E-state index contributed by atoms with van der Waals surface area (Å²) in [6.45, 7) is 1.98. The molecule has 0 aliphatic heterocycles. The van der Waals surface area contributed by atoms with Crippen molar-refractivity contribution in [2.24, 2.45) is 0 Å². The molecule has 2 aromatic rings. The number of hydrogen-bond donors (Lipinski definition) is 1. The minimum Gasteiger partial charge on any atom is -0.492 e. The molecule has 1 heterocycles. The van der Waals surface area contributed by atoms with Crippen molar-refractivity contribution in [3.8, 4) is 5.75 Å². The average molecular weight is 350 g/mol. The Balaban J connectivity index is 1.88. The highest BCUT2D eigenvalue weighted by molar-refractivity contribution is 7.89. The Hall–Kier alpha value is -2.19. The Bertz CT molecular complexity index is 764. The number of aromatic nitrogens is 2. The van der Waals surface area contributed by atoms with Gasteiger partial charge in [0.05, 0.1) is 12.3 Å². The van der Waals surface area contributed by atoms with Gasteiger partial charge in [-0.05, 0) is 19.1 Å². The van der Waals surface area contributed by atoms with E-state index in [1.54, 1.807) is 12.1 Å². The summed E-state index contributed by atoms with van der Waals surface area (Å²) in [6.07, 6.45) is 0. The predicted molar refractivity (Wildman–Crippen MR) is 93.7 cm³/mol. The van der Waals surface area contributed by atoms with Crippen LogP contribution in [0.3, 0.4) is 0 Å². The molecule has 0 fully saturated rings. The molecule has 0 radical (unpaired) electrons. The zero-order valence-corrected chi connectivity index (χ0v) is 14.9. The van der Waals surface area contributed by atoms with Crippen LogP contribution >= 0.6 is 0 Å². The fraction of sp³-hybridized carbons (Fsp3) is 0.375. The summed E-state index contributed by atoms with van der Waals surface area (Å²) in [5, 5.41) is 0. The lowest BCUT2D eigenvalue weighted by Crippen LogP contribution is -2.29. The van der Waals surface area contributed by atoms with Crippen LogP contribution in [-0.4, -0.2) is 44.8 Å². The lowest BCUT2D eigenvalue weighted by Gasteiger charge is -2.13. The highest BCUT2D eigenvalue weighted by Crippen LogP contribution is 2.10. The number of benzene rings is 1. The van der Waals surface area contributed by atoms with Crippen LogP contribution in [0.5, 0.6) is 5.75 Å². The van der Waals surface area contributed by atoms with E-state index in [2.05, 4.69) is 14.7 Å². The molecule has 0 aliphatic carbocycles. The maximum Gasteiger partial charge on any atom is 0.215 e. The molecule has 24 heavy (non-hydrogen) atoms. The van der Waals surface area contributed by atoms with Crippen molar-refractivity contribution >= 4 is 15.8 Å². The minimum atomic E-state index is -3.46. The Morgan fingerprint density at radius 2 is 1.88 bits per heavy atom. The number of sulfonamides is 1. The van der Waals surface area contributed by atoms with Gasteiger partial charge in [-0.25, -0.2) is 23.1 Å². The summed E-state index contributed by atoms with van der Waals surface area (Å²) < 4.78 is 32.0. The first-order valence-electron chi connectivity index (χ1n) is 7.53. The second-order valence-corrected chi connectivity index (χ2v) is 7.41. The van der Waals surface area contributed by atoms with Gasteiger partial charge in [-0.15, -0.1) is 0 Å². The van der Waals surface area contributed by atoms with E-state index in [9.17, 15) is 8.42 Å². The SMILES string of the molecule is Cc1cc(N(C)C)nc(CNS(=O)(=O)CCOc2ccccc2)n1. The number of nitrogens with one attached hydrogen (secondary N) is 1. The molecule has 0 amide bonds. The first kappa shape index (κ1) is 18.2. The number of anilines is 1. The van der Waals surface area contributed by atoms with E-state index in [1.165, 1.54) is 0 Å². The molecule has 1 aromatic carbocycles. The average Bonchev–Trinajstić information content (AvgIpc) is 2.53. The van der Waals surface area contributed by atoms with Crippen LogP contribution in [0.25, 0.3) is 0 Å². The molecule has 0 aliphatic rings. The molecule has 0 saturated heterocycles. The molecule has 1 aromatic heterocycles. The Kier molecular flexibility index (Phi) is 6.10. The maximum absolute atomic E-state index is 12.0. The van der Waals surface area contributed by atoms with Gasteiger partial charge in [0.25, 0.3) is 0 Å². The van der Waals surface area contributed by atoms with E-state index in [0.29, 0.717) is 11.6 Å². The summed E-state index contributed by atoms with van der Waals surface area (Å²) in [6, 6.07) is 10.9. The van der Waals surface area contributed by atoms with Crippen LogP contribution in [-0.2, 0) is 16.6 Å². The summed E-state index contributed by atoms with van der Waals surface area (Å²) in [5.74, 6) is 1.69.